The molecule has 1 heterocycles. The number of fused-ring (bicyclic) bond motifs is 1. The van der Waals surface area contributed by atoms with Gasteiger partial charge in [0.25, 0.3) is 5.91 Å². The van der Waals surface area contributed by atoms with Crippen molar-refractivity contribution in [2.75, 3.05) is 7.11 Å². The Morgan fingerprint density at radius 2 is 1.93 bits per heavy atom. The number of rotatable bonds is 6. The van der Waals surface area contributed by atoms with E-state index < -0.39 is 29.7 Å². The lowest BCUT2D eigenvalue weighted by Crippen LogP contribution is -2.42. The second-order valence-electron chi connectivity index (χ2n) is 6.28. The third kappa shape index (κ3) is 4.68. The summed E-state index contributed by atoms with van der Waals surface area (Å²) >= 11 is 0. The second-order valence-corrected chi connectivity index (χ2v) is 6.28. The van der Waals surface area contributed by atoms with Crippen molar-refractivity contribution in [2.24, 2.45) is 0 Å². The van der Waals surface area contributed by atoms with Crippen LogP contribution in [0.1, 0.15) is 21.7 Å². The average molecular weight is 407 g/mol. The van der Waals surface area contributed by atoms with E-state index in [2.05, 4.69) is 5.32 Å². The Kier molecular flexibility index (Phi) is 5.49. The molecule has 0 aliphatic heterocycles. The van der Waals surface area contributed by atoms with Crippen molar-refractivity contribution in [1.29, 1.82) is 0 Å². The number of carbonyl (C=O) groups is 2. The van der Waals surface area contributed by atoms with Gasteiger partial charge in [0.15, 0.2) is 5.76 Å². The lowest BCUT2D eigenvalue weighted by Gasteiger charge is -2.15. The normalized spacial score (nSPS) is 12.6. The molecule has 2 N–H and O–H groups in total. The van der Waals surface area contributed by atoms with E-state index in [-0.39, 0.29) is 17.7 Å². The molecule has 1 unspecified atom stereocenters. The third-order valence-corrected chi connectivity index (χ3v) is 4.24. The number of ether oxygens (including phenoxy) is 1. The lowest BCUT2D eigenvalue weighted by atomic mass is 10.0. The summed E-state index contributed by atoms with van der Waals surface area (Å²) in [6.45, 7) is 0. The number of nitrogens with one attached hydrogen (secondary N) is 1. The molecule has 0 saturated carbocycles. The number of amides is 1. The Balaban J connectivity index is 1.78. The molecule has 0 aliphatic carbocycles. The number of carboxylic acid groups (broad SMARTS) is 1. The van der Waals surface area contributed by atoms with E-state index in [4.69, 9.17) is 9.15 Å². The smallest absolute Gasteiger partial charge is 0.416 e. The summed E-state index contributed by atoms with van der Waals surface area (Å²) in [5, 5.41) is 12.3. The van der Waals surface area contributed by atoms with Gasteiger partial charge in [-0.15, -0.1) is 0 Å². The summed E-state index contributed by atoms with van der Waals surface area (Å²) < 4.78 is 49.0. The molecule has 2 aromatic carbocycles. The molecule has 1 atom stereocenters. The molecule has 3 rings (SSSR count). The molecule has 0 radical (unpaired) electrons. The van der Waals surface area contributed by atoms with E-state index >= 15 is 0 Å². The summed E-state index contributed by atoms with van der Waals surface area (Å²) in [5.74, 6) is -1.74. The van der Waals surface area contributed by atoms with Crippen LogP contribution in [0.2, 0.25) is 0 Å². The minimum Gasteiger partial charge on any atom is -0.497 e. The first-order valence-corrected chi connectivity index (χ1v) is 8.45. The van der Waals surface area contributed by atoms with Gasteiger partial charge in [-0.1, -0.05) is 18.2 Å². The summed E-state index contributed by atoms with van der Waals surface area (Å²) in [5.41, 5.74) is -0.362. The third-order valence-electron chi connectivity index (χ3n) is 4.24. The zero-order chi connectivity index (χ0) is 21.2. The minimum atomic E-state index is -4.55. The van der Waals surface area contributed by atoms with Crippen molar-refractivity contribution in [3.05, 3.63) is 65.4 Å². The van der Waals surface area contributed by atoms with E-state index in [9.17, 15) is 27.9 Å². The molecule has 0 aliphatic rings. The molecule has 29 heavy (non-hydrogen) atoms. The Labute approximate surface area is 162 Å². The molecule has 0 spiro atoms. The fraction of sp³-hybridized carbons (Fsp3) is 0.200. The Morgan fingerprint density at radius 1 is 1.17 bits per heavy atom. The lowest BCUT2D eigenvalue weighted by molar-refractivity contribution is -0.139. The van der Waals surface area contributed by atoms with Crippen LogP contribution in [0.3, 0.4) is 0 Å². The first kappa shape index (κ1) is 20.2. The summed E-state index contributed by atoms with van der Waals surface area (Å²) in [7, 11) is 1.49. The van der Waals surface area contributed by atoms with Crippen LogP contribution in [-0.4, -0.2) is 30.1 Å². The van der Waals surface area contributed by atoms with Crippen LogP contribution in [0, 0.1) is 0 Å². The monoisotopic (exact) mass is 407 g/mol. The molecule has 9 heteroatoms. The predicted octanol–water partition coefficient (Wildman–Crippen LogP) is 3.89. The molecule has 1 amide bonds. The van der Waals surface area contributed by atoms with Crippen molar-refractivity contribution in [3.63, 3.8) is 0 Å². The number of hydrogen-bond acceptors (Lipinski definition) is 4. The summed E-state index contributed by atoms with van der Waals surface area (Å²) in [4.78, 5) is 23.9. The van der Waals surface area contributed by atoms with E-state index in [0.717, 1.165) is 12.1 Å². The Morgan fingerprint density at radius 3 is 2.59 bits per heavy atom. The first-order valence-electron chi connectivity index (χ1n) is 8.45. The molecule has 1 aromatic heterocycles. The zero-order valence-corrected chi connectivity index (χ0v) is 15.1. The van der Waals surface area contributed by atoms with Crippen molar-refractivity contribution in [3.8, 4) is 5.75 Å². The molecule has 152 valence electrons. The van der Waals surface area contributed by atoms with Gasteiger partial charge in [0.1, 0.15) is 17.4 Å². The molecule has 0 saturated heterocycles. The van der Waals surface area contributed by atoms with Gasteiger partial charge in [-0.05, 0) is 35.9 Å². The SMILES string of the molecule is COc1ccc2oc(C(=O)NC(Cc3cccc(C(F)(F)F)c3)C(=O)O)cc2c1. The van der Waals surface area contributed by atoms with Crippen LogP contribution in [0.4, 0.5) is 13.2 Å². The highest BCUT2D eigenvalue weighted by molar-refractivity contribution is 5.98. The van der Waals surface area contributed by atoms with Crippen LogP contribution < -0.4 is 10.1 Å². The number of carbonyl (C=O) groups excluding carboxylic acids is 1. The van der Waals surface area contributed by atoms with E-state index in [0.29, 0.717) is 16.7 Å². The molecule has 0 bridgehead atoms. The van der Waals surface area contributed by atoms with Gasteiger partial charge >= 0.3 is 12.1 Å². The van der Waals surface area contributed by atoms with E-state index in [1.165, 1.54) is 25.3 Å². The van der Waals surface area contributed by atoms with E-state index in [1.807, 2.05) is 0 Å². The highest BCUT2D eigenvalue weighted by Gasteiger charge is 2.31. The maximum Gasteiger partial charge on any atom is 0.416 e. The van der Waals surface area contributed by atoms with Crippen LogP contribution in [-0.2, 0) is 17.4 Å². The quantitative estimate of drug-likeness (QED) is 0.647. The van der Waals surface area contributed by atoms with Crippen LogP contribution in [0.5, 0.6) is 5.75 Å². The first-order chi connectivity index (χ1) is 13.7. The number of hydrogen-bond donors (Lipinski definition) is 2. The van der Waals surface area contributed by atoms with Crippen molar-refractivity contribution in [2.45, 2.75) is 18.6 Å². The highest BCUT2D eigenvalue weighted by atomic mass is 19.4. The van der Waals surface area contributed by atoms with Crippen molar-refractivity contribution in [1.82, 2.24) is 5.32 Å². The van der Waals surface area contributed by atoms with Crippen molar-refractivity contribution >= 4 is 22.8 Å². The topological polar surface area (TPSA) is 88.8 Å². The zero-order valence-electron chi connectivity index (χ0n) is 15.1. The molecule has 0 fully saturated rings. The fourth-order valence-corrected chi connectivity index (χ4v) is 2.80. The largest absolute Gasteiger partial charge is 0.497 e. The molecule has 3 aromatic rings. The number of methoxy groups -OCH3 is 1. The minimum absolute atomic E-state index is 0.122. The molecular weight excluding hydrogens is 391 g/mol. The Bertz CT molecular complexity index is 1060. The van der Waals surface area contributed by atoms with Gasteiger partial charge in [-0.2, -0.15) is 13.2 Å². The number of carboxylic acids is 1. The van der Waals surface area contributed by atoms with Crippen LogP contribution in [0.15, 0.2) is 52.9 Å². The summed E-state index contributed by atoms with van der Waals surface area (Å²) in [6, 6.07) is 9.17. The molecule has 6 nitrogen and oxygen atoms in total. The predicted molar refractivity (Wildman–Crippen MR) is 96.8 cm³/mol. The van der Waals surface area contributed by atoms with E-state index in [1.54, 1.807) is 18.2 Å². The summed E-state index contributed by atoms with van der Waals surface area (Å²) in [6.07, 6.45) is -4.87. The maximum absolute atomic E-state index is 12.8. The number of alkyl halides is 3. The average Bonchev–Trinajstić information content (AvgIpc) is 3.10. The number of furan rings is 1. The number of halogens is 3. The van der Waals surface area contributed by atoms with Gasteiger partial charge < -0.3 is 19.6 Å². The van der Waals surface area contributed by atoms with Crippen molar-refractivity contribution < 1.29 is 37.0 Å². The Hall–Kier alpha value is -3.49. The highest BCUT2D eigenvalue weighted by Crippen LogP contribution is 2.30. The maximum atomic E-state index is 12.8. The van der Waals surface area contributed by atoms with Gasteiger partial charge in [-0.3, -0.25) is 4.79 Å². The van der Waals surface area contributed by atoms with Gasteiger partial charge in [0.05, 0.1) is 12.7 Å². The van der Waals surface area contributed by atoms with Gasteiger partial charge in [0.2, 0.25) is 0 Å². The second kappa shape index (κ2) is 7.86. The van der Waals surface area contributed by atoms with Crippen LogP contribution in [0.25, 0.3) is 11.0 Å². The van der Waals surface area contributed by atoms with Gasteiger partial charge in [0, 0.05) is 11.8 Å². The van der Waals surface area contributed by atoms with Gasteiger partial charge in [-0.25, -0.2) is 4.79 Å². The number of benzene rings is 2. The number of aliphatic carboxylic acids is 1. The molecular formula is C20H16F3NO5. The standard InChI is InChI=1S/C20H16F3NO5/c1-28-14-5-6-16-12(9-14)10-17(29-16)18(25)24-15(19(26)27)8-11-3-2-4-13(7-11)20(21,22)23/h2-7,9-10,15H,8H2,1H3,(H,24,25)(H,26,27). The fourth-order valence-electron chi connectivity index (χ4n) is 2.80. The van der Waals surface area contributed by atoms with Crippen LogP contribution >= 0.6 is 0 Å².